The Balaban J connectivity index is 2.07. The van der Waals surface area contributed by atoms with E-state index in [0.29, 0.717) is 18.7 Å². The lowest BCUT2D eigenvalue weighted by molar-refractivity contribution is 0.0696. The number of ether oxygens (including phenoxy) is 1. The minimum absolute atomic E-state index is 0.369. The molecule has 1 N–H and O–H groups in total. The summed E-state index contributed by atoms with van der Waals surface area (Å²) in [6.45, 7) is 3.08. The molecule has 0 amide bonds. The number of carboxylic acid groups (broad SMARTS) is 1. The Morgan fingerprint density at radius 1 is 1.22 bits per heavy atom. The number of benzene rings is 1. The van der Waals surface area contributed by atoms with Gasteiger partial charge in [0.1, 0.15) is 0 Å². The molecule has 1 aliphatic carbocycles. The standard InChI is InChI=1S/C19H23NO3/c1-13-17(19(21)22)12-18(20(13)9-10-23-2)16-8-7-14-5-3-4-6-15(14)11-16/h7-8,11-12H,3-6,9-10H2,1-2H3,(H,21,22). The Bertz CT molecular complexity index is 730. The Kier molecular flexibility index (Phi) is 4.53. The van der Waals surface area contributed by atoms with Crippen molar-refractivity contribution in [3.05, 3.63) is 46.6 Å². The molecule has 1 aromatic heterocycles. The summed E-state index contributed by atoms with van der Waals surface area (Å²) in [5.74, 6) is -0.877. The van der Waals surface area contributed by atoms with Crippen molar-refractivity contribution in [2.75, 3.05) is 13.7 Å². The van der Waals surface area contributed by atoms with Crippen LogP contribution in [0.25, 0.3) is 11.3 Å². The molecule has 4 heteroatoms. The molecule has 0 saturated carbocycles. The van der Waals surface area contributed by atoms with Crippen LogP contribution in [0.3, 0.4) is 0 Å². The Morgan fingerprint density at radius 3 is 2.65 bits per heavy atom. The van der Waals surface area contributed by atoms with Gasteiger partial charge in [-0.15, -0.1) is 0 Å². The van der Waals surface area contributed by atoms with Gasteiger partial charge in [-0.25, -0.2) is 4.79 Å². The maximum absolute atomic E-state index is 11.5. The number of fused-ring (bicyclic) bond motifs is 1. The second-order valence-electron chi connectivity index (χ2n) is 6.17. The lowest BCUT2D eigenvalue weighted by atomic mass is 9.90. The third-order valence-corrected chi connectivity index (χ3v) is 4.76. The van der Waals surface area contributed by atoms with Crippen molar-refractivity contribution in [3.63, 3.8) is 0 Å². The zero-order valence-electron chi connectivity index (χ0n) is 13.8. The lowest BCUT2D eigenvalue weighted by Crippen LogP contribution is -2.09. The first kappa shape index (κ1) is 15.8. The van der Waals surface area contributed by atoms with Crippen LogP contribution < -0.4 is 0 Å². The van der Waals surface area contributed by atoms with E-state index in [1.165, 1.54) is 24.0 Å². The van der Waals surface area contributed by atoms with E-state index in [1.54, 1.807) is 13.2 Å². The summed E-state index contributed by atoms with van der Waals surface area (Å²) in [7, 11) is 1.66. The fourth-order valence-corrected chi connectivity index (χ4v) is 3.46. The number of rotatable bonds is 5. The first-order valence-corrected chi connectivity index (χ1v) is 8.16. The van der Waals surface area contributed by atoms with Crippen molar-refractivity contribution in [1.82, 2.24) is 4.57 Å². The molecule has 0 fully saturated rings. The van der Waals surface area contributed by atoms with E-state index in [4.69, 9.17) is 4.74 Å². The highest BCUT2D eigenvalue weighted by atomic mass is 16.5. The van der Waals surface area contributed by atoms with Gasteiger partial charge >= 0.3 is 5.97 Å². The minimum Gasteiger partial charge on any atom is -0.478 e. The number of aryl methyl sites for hydroxylation is 2. The maximum Gasteiger partial charge on any atom is 0.337 e. The molecule has 0 spiro atoms. The smallest absolute Gasteiger partial charge is 0.337 e. The minimum atomic E-state index is -0.877. The van der Waals surface area contributed by atoms with Crippen LogP contribution in [0.15, 0.2) is 24.3 Å². The molecule has 122 valence electrons. The number of methoxy groups -OCH3 is 1. The van der Waals surface area contributed by atoms with E-state index in [1.807, 2.05) is 6.92 Å². The van der Waals surface area contributed by atoms with Crippen molar-refractivity contribution >= 4 is 5.97 Å². The summed E-state index contributed by atoms with van der Waals surface area (Å²) in [6, 6.07) is 8.34. The van der Waals surface area contributed by atoms with Crippen LogP contribution in [0, 0.1) is 6.92 Å². The largest absolute Gasteiger partial charge is 0.478 e. The van der Waals surface area contributed by atoms with Crippen molar-refractivity contribution < 1.29 is 14.6 Å². The first-order valence-electron chi connectivity index (χ1n) is 8.16. The summed E-state index contributed by atoms with van der Waals surface area (Å²) in [5.41, 5.74) is 6.05. The SMILES string of the molecule is COCCn1c(-c2ccc3c(c2)CCCC3)cc(C(=O)O)c1C. The van der Waals surface area contributed by atoms with Crippen molar-refractivity contribution in [2.45, 2.75) is 39.2 Å². The molecular weight excluding hydrogens is 290 g/mol. The van der Waals surface area contributed by atoms with Gasteiger partial charge in [0.25, 0.3) is 0 Å². The summed E-state index contributed by atoms with van der Waals surface area (Å²) >= 11 is 0. The summed E-state index contributed by atoms with van der Waals surface area (Å²) in [4.78, 5) is 11.5. The van der Waals surface area contributed by atoms with Crippen LogP contribution in [0.1, 0.15) is 40.0 Å². The number of aromatic nitrogens is 1. The van der Waals surface area contributed by atoms with Gasteiger partial charge < -0.3 is 14.4 Å². The highest BCUT2D eigenvalue weighted by Gasteiger charge is 2.19. The molecule has 23 heavy (non-hydrogen) atoms. The fraction of sp³-hybridized carbons (Fsp3) is 0.421. The molecule has 0 aliphatic heterocycles. The molecule has 0 atom stereocenters. The molecule has 0 radical (unpaired) electrons. The molecule has 2 aromatic rings. The van der Waals surface area contributed by atoms with Crippen molar-refractivity contribution in [2.24, 2.45) is 0 Å². The molecule has 0 saturated heterocycles. The maximum atomic E-state index is 11.5. The first-order chi connectivity index (χ1) is 11.1. The number of hydrogen-bond acceptors (Lipinski definition) is 2. The summed E-state index contributed by atoms with van der Waals surface area (Å²) < 4.78 is 7.24. The molecule has 0 bridgehead atoms. The van der Waals surface area contributed by atoms with E-state index in [-0.39, 0.29) is 0 Å². The van der Waals surface area contributed by atoms with Crippen molar-refractivity contribution in [3.8, 4) is 11.3 Å². The number of carboxylic acids is 1. The van der Waals surface area contributed by atoms with E-state index >= 15 is 0 Å². The average molecular weight is 313 g/mol. The molecule has 3 rings (SSSR count). The third kappa shape index (κ3) is 3.04. The van der Waals surface area contributed by atoms with E-state index in [9.17, 15) is 9.90 Å². The molecule has 1 aliphatic rings. The van der Waals surface area contributed by atoms with Gasteiger partial charge in [-0.05, 0) is 61.4 Å². The van der Waals surface area contributed by atoms with Crippen LogP contribution >= 0.6 is 0 Å². The van der Waals surface area contributed by atoms with Crippen LogP contribution in [-0.2, 0) is 24.1 Å². The number of aromatic carboxylic acids is 1. The van der Waals surface area contributed by atoms with Gasteiger partial charge in [-0.2, -0.15) is 0 Å². The molecule has 1 aromatic carbocycles. The highest BCUT2D eigenvalue weighted by molar-refractivity contribution is 5.91. The van der Waals surface area contributed by atoms with Gasteiger partial charge in [-0.1, -0.05) is 12.1 Å². The zero-order valence-corrected chi connectivity index (χ0v) is 13.8. The average Bonchev–Trinajstić information content (AvgIpc) is 2.89. The summed E-state index contributed by atoms with van der Waals surface area (Å²) in [6.07, 6.45) is 4.77. The fourth-order valence-electron chi connectivity index (χ4n) is 3.46. The number of carbonyl (C=O) groups is 1. The zero-order chi connectivity index (χ0) is 16.4. The predicted octanol–water partition coefficient (Wildman–Crippen LogP) is 3.69. The molecular formula is C19H23NO3. The van der Waals surface area contributed by atoms with Gasteiger partial charge in [0.2, 0.25) is 0 Å². The second kappa shape index (κ2) is 6.59. The van der Waals surface area contributed by atoms with Crippen LogP contribution in [0.5, 0.6) is 0 Å². The Hall–Kier alpha value is -2.07. The Morgan fingerprint density at radius 2 is 1.96 bits per heavy atom. The van der Waals surface area contributed by atoms with E-state index < -0.39 is 5.97 Å². The number of hydrogen-bond donors (Lipinski definition) is 1. The van der Waals surface area contributed by atoms with Crippen LogP contribution in [0.4, 0.5) is 0 Å². The Labute approximate surface area is 136 Å². The molecule has 1 heterocycles. The van der Waals surface area contributed by atoms with Crippen LogP contribution in [0.2, 0.25) is 0 Å². The molecule has 4 nitrogen and oxygen atoms in total. The molecule has 0 unspecified atom stereocenters. The lowest BCUT2D eigenvalue weighted by Gasteiger charge is -2.18. The number of nitrogens with zero attached hydrogens (tertiary/aromatic N) is 1. The van der Waals surface area contributed by atoms with Gasteiger partial charge in [0.15, 0.2) is 0 Å². The van der Waals surface area contributed by atoms with Gasteiger partial charge in [-0.3, -0.25) is 0 Å². The van der Waals surface area contributed by atoms with Gasteiger partial charge in [0, 0.05) is 25.0 Å². The monoisotopic (exact) mass is 313 g/mol. The van der Waals surface area contributed by atoms with Crippen LogP contribution in [-0.4, -0.2) is 29.4 Å². The quantitative estimate of drug-likeness (QED) is 0.916. The predicted molar refractivity (Wildman–Crippen MR) is 90.1 cm³/mol. The summed E-state index contributed by atoms with van der Waals surface area (Å²) in [5, 5.41) is 9.42. The van der Waals surface area contributed by atoms with E-state index in [0.717, 1.165) is 29.8 Å². The van der Waals surface area contributed by atoms with Gasteiger partial charge in [0.05, 0.1) is 12.2 Å². The normalized spacial score (nSPS) is 13.8. The second-order valence-corrected chi connectivity index (χ2v) is 6.17. The van der Waals surface area contributed by atoms with E-state index in [2.05, 4.69) is 22.8 Å². The highest BCUT2D eigenvalue weighted by Crippen LogP contribution is 2.30. The third-order valence-electron chi connectivity index (χ3n) is 4.76. The topological polar surface area (TPSA) is 51.5 Å². The van der Waals surface area contributed by atoms with Crippen molar-refractivity contribution in [1.29, 1.82) is 0 Å².